The quantitative estimate of drug-likeness (QED) is 0.744. The predicted octanol–water partition coefficient (Wildman–Crippen LogP) is 4.26. The van der Waals surface area contributed by atoms with Crippen molar-refractivity contribution in [3.05, 3.63) is 34.3 Å². The van der Waals surface area contributed by atoms with Crippen LogP contribution in [0.5, 0.6) is 0 Å². The van der Waals surface area contributed by atoms with Gasteiger partial charge in [-0.25, -0.2) is 8.42 Å². The van der Waals surface area contributed by atoms with E-state index in [1.165, 1.54) is 6.92 Å². The molecule has 0 aliphatic heterocycles. The Hall–Kier alpha value is -0.133. The molecule has 0 bridgehead atoms. The Kier molecular flexibility index (Phi) is 4.67. The standard InChI is InChI=1S/C13H21BrO2SSi/c1-11(12-5-7-13(14)8-6-12)17(15,16)9-10-18(2,3)4/h5-8,11H,9-10H2,1-4H3/t11-/m0/s1/i11D. The molecule has 0 heterocycles. The van der Waals surface area contributed by atoms with Gasteiger partial charge >= 0.3 is 0 Å². The third kappa shape index (κ3) is 4.86. The lowest BCUT2D eigenvalue weighted by molar-refractivity contribution is 0.587. The van der Waals surface area contributed by atoms with E-state index in [9.17, 15) is 8.42 Å². The van der Waals surface area contributed by atoms with Crippen LogP contribution in [-0.2, 0) is 9.84 Å². The van der Waals surface area contributed by atoms with E-state index in [0.29, 0.717) is 11.6 Å². The zero-order chi connectivity index (χ0) is 14.9. The van der Waals surface area contributed by atoms with Gasteiger partial charge in [0, 0.05) is 18.3 Å². The molecule has 0 radical (unpaired) electrons. The molecule has 18 heavy (non-hydrogen) atoms. The molecule has 0 N–H and O–H groups in total. The van der Waals surface area contributed by atoms with Crippen LogP contribution in [0, 0.1) is 0 Å². The highest BCUT2D eigenvalue weighted by Gasteiger charge is 2.25. The molecule has 102 valence electrons. The van der Waals surface area contributed by atoms with Crippen molar-refractivity contribution in [2.75, 3.05) is 5.75 Å². The van der Waals surface area contributed by atoms with E-state index in [1.54, 1.807) is 24.3 Å². The molecule has 0 spiro atoms. The number of hydrogen-bond donors (Lipinski definition) is 0. The van der Waals surface area contributed by atoms with Crippen LogP contribution in [0.1, 0.15) is 19.1 Å². The first-order chi connectivity index (χ1) is 8.46. The normalized spacial score (nSPS) is 17.1. The molecule has 1 aromatic carbocycles. The van der Waals surface area contributed by atoms with Gasteiger partial charge in [-0.05, 0) is 30.7 Å². The van der Waals surface area contributed by atoms with Crippen molar-refractivity contribution < 1.29 is 9.79 Å². The molecule has 1 rings (SSSR count). The van der Waals surface area contributed by atoms with Crippen molar-refractivity contribution in [3.8, 4) is 0 Å². The topological polar surface area (TPSA) is 34.1 Å². The summed E-state index contributed by atoms with van der Waals surface area (Å²) in [6.45, 7) is 7.89. The fourth-order valence-electron chi connectivity index (χ4n) is 1.46. The average molecular weight is 350 g/mol. The van der Waals surface area contributed by atoms with Gasteiger partial charge in [0.25, 0.3) is 0 Å². The number of benzene rings is 1. The number of rotatable bonds is 5. The van der Waals surface area contributed by atoms with E-state index in [0.717, 1.165) is 4.47 Å². The smallest absolute Gasteiger partial charge is 0.156 e. The molecule has 1 atom stereocenters. The van der Waals surface area contributed by atoms with Gasteiger partial charge < -0.3 is 0 Å². The molecule has 0 fully saturated rings. The summed E-state index contributed by atoms with van der Waals surface area (Å²) in [6, 6.07) is 7.64. The Morgan fingerprint density at radius 1 is 1.28 bits per heavy atom. The molecule has 2 nitrogen and oxygen atoms in total. The van der Waals surface area contributed by atoms with E-state index in [2.05, 4.69) is 35.6 Å². The van der Waals surface area contributed by atoms with Crippen LogP contribution >= 0.6 is 15.9 Å². The highest BCUT2D eigenvalue weighted by Crippen LogP contribution is 2.25. The van der Waals surface area contributed by atoms with Gasteiger partial charge in [0.15, 0.2) is 9.84 Å². The number of halogens is 1. The Morgan fingerprint density at radius 3 is 2.22 bits per heavy atom. The Labute approximate surface area is 121 Å². The first kappa shape index (κ1) is 14.3. The van der Waals surface area contributed by atoms with Crippen molar-refractivity contribution in [2.24, 2.45) is 0 Å². The second-order valence-corrected chi connectivity index (χ2v) is 14.5. The monoisotopic (exact) mass is 349 g/mol. The van der Waals surface area contributed by atoms with Gasteiger partial charge in [-0.2, -0.15) is 0 Å². The Morgan fingerprint density at radius 2 is 1.78 bits per heavy atom. The highest BCUT2D eigenvalue weighted by molar-refractivity contribution is 9.10. The van der Waals surface area contributed by atoms with Crippen molar-refractivity contribution in [2.45, 2.75) is 37.8 Å². The summed E-state index contributed by atoms with van der Waals surface area (Å²) >= 11 is 3.31. The second-order valence-electron chi connectivity index (χ2n) is 5.69. The Bertz CT molecular complexity index is 533. The fraction of sp³-hybridized carbons (Fsp3) is 0.538. The van der Waals surface area contributed by atoms with Crippen molar-refractivity contribution in [1.29, 1.82) is 0 Å². The summed E-state index contributed by atoms with van der Waals surface area (Å²) in [5, 5.41) is -1.58. The molecule has 0 aliphatic carbocycles. The maximum absolute atomic E-state index is 12.4. The lowest BCUT2D eigenvalue weighted by Gasteiger charge is -2.18. The zero-order valence-electron chi connectivity index (χ0n) is 12.3. The summed E-state index contributed by atoms with van der Waals surface area (Å²) in [6.07, 6.45) is 0. The molecule has 0 saturated carbocycles. The van der Waals surface area contributed by atoms with Gasteiger partial charge in [0.05, 0.1) is 6.60 Å². The molecular weight excluding hydrogens is 328 g/mol. The van der Waals surface area contributed by atoms with Crippen LogP contribution in [0.4, 0.5) is 0 Å². The van der Waals surface area contributed by atoms with Crippen molar-refractivity contribution in [1.82, 2.24) is 0 Å². The molecule has 0 saturated heterocycles. The number of hydrogen-bond acceptors (Lipinski definition) is 2. The maximum atomic E-state index is 12.4. The molecule has 5 heteroatoms. The molecule has 0 unspecified atom stereocenters. The summed E-state index contributed by atoms with van der Waals surface area (Å²) < 4.78 is 34.0. The second kappa shape index (κ2) is 5.88. The van der Waals surface area contributed by atoms with E-state index in [4.69, 9.17) is 1.37 Å². The van der Waals surface area contributed by atoms with Crippen LogP contribution in [0.15, 0.2) is 28.7 Å². The SMILES string of the molecule is [2H][C@](C)(c1ccc(Br)cc1)S(=O)(=O)CC[Si](C)(C)C. The lowest BCUT2D eigenvalue weighted by Crippen LogP contribution is -2.25. The molecule has 0 amide bonds. The summed E-state index contributed by atoms with van der Waals surface area (Å²) in [5.41, 5.74) is 0.520. The summed E-state index contributed by atoms with van der Waals surface area (Å²) in [4.78, 5) is 0. The fourth-order valence-corrected chi connectivity index (χ4v) is 6.05. The average Bonchev–Trinajstić information content (AvgIpc) is 2.26. The van der Waals surface area contributed by atoms with E-state index in [1.807, 2.05) is 0 Å². The van der Waals surface area contributed by atoms with Gasteiger partial charge in [0.1, 0.15) is 0 Å². The molecular formula is C13H21BrO2SSi. The van der Waals surface area contributed by atoms with Gasteiger partial charge in [0.2, 0.25) is 0 Å². The van der Waals surface area contributed by atoms with Crippen LogP contribution in [0.2, 0.25) is 25.7 Å². The lowest BCUT2D eigenvalue weighted by atomic mass is 10.2. The molecule has 0 aromatic heterocycles. The van der Waals surface area contributed by atoms with E-state index >= 15 is 0 Å². The van der Waals surface area contributed by atoms with Gasteiger partial charge in [-0.1, -0.05) is 47.7 Å². The van der Waals surface area contributed by atoms with Crippen LogP contribution in [-0.4, -0.2) is 22.2 Å². The number of sulfone groups is 1. The van der Waals surface area contributed by atoms with Crippen LogP contribution < -0.4 is 0 Å². The first-order valence-corrected chi connectivity index (χ1v) is 12.1. The van der Waals surface area contributed by atoms with Crippen molar-refractivity contribution in [3.63, 3.8) is 0 Å². The third-order valence-electron chi connectivity index (χ3n) is 2.84. The largest absolute Gasteiger partial charge is 0.228 e. The van der Waals surface area contributed by atoms with Gasteiger partial charge in [-0.3, -0.25) is 0 Å². The van der Waals surface area contributed by atoms with Crippen LogP contribution in [0.3, 0.4) is 0 Å². The minimum Gasteiger partial charge on any atom is -0.228 e. The van der Waals surface area contributed by atoms with Crippen LogP contribution in [0.25, 0.3) is 0 Å². The minimum atomic E-state index is -3.47. The molecule has 0 aliphatic rings. The summed E-state index contributed by atoms with van der Waals surface area (Å²) in [7, 11) is -4.90. The third-order valence-corrected chi connectivity index (χ3v) is 7.39. The van der Waals surface area contributed by atoms with Gasteiger partial charge in [-0.15, -0.1) is 0 Å². The zero-order valence-corrected chi connectivity index (χ0v) is 14.7. The van der Waals surface area contributed by atoms with Crippen molar-refractivity contribution >= 4 is 33.8 Å². The Balaban J connectivity index is 3.01. The van der Waals surface area contributed by atoms with E-state index < -0.39 is 23.1 Å². The highest BCUT2D eigenvalue weighted by atomic mass is 79.9. The minimum absolute atomic E-state index is 0.0960. The predicted molar refractivity (Wildman–Crippen MR) is 84.5 cm³/mol. The molecule has 1 aromatic rings. The first-order valence-electron chi connectivity index (χ1n) is 6.44. The summed E-state index contributed by atoms with van der Waals surface area (Å²) in [5.74, 6) is 0.0960. The maximum Gasteiger partial charge on any atom is 0.156 e. The van der Waals surface area contributed by atoms with E-state index in [-0.39, 0.29) is 5.75 Å².